The molecule has 0 bridgehead atoms. The van der Waals surface area contributed by atoms with Crippen LogP contribution in [0.1, 0.15) is 65.2 Å². The molecule has 1 saturated carbocycles. The van der Waals surface area contributed by atoms with Crippen LogP contribution >= 0.6 is 0 Å². The molecule has 1 aromatic rings. The van der Waals surface area contributed by atoms with Crippen LogP contribution in [-0.2, 0) is 16.1 Å². The van der Waals surface area contributed by atoms with Gasteiger partial charge in [-0.05, 0) is 32.1 Å². The Kier molecular flexibility index (Phi) is 10.8. The summed E-state index contributed by atoms with van der Waals surface area (Å²) in [4.78, 5) is 35.3. The van der Waals surface area contributed by atoms with E-state index < -0.39 is 11.7 Å². The van der Waals surface area contributed by atoms with Crippen LogP contribution in [0.4, 0.5) is 10.1 Å². The van der Waals surface area contributed by atoms with Crippen molar-refractivity contribution in [2.75, 3.05) is 11.9 Å². The molecule has 1 unspecified atom stereocenters. The molecule has 1 fully saturated rings. The number of rotatable bonds is 13. The predicted molar refractivity (Wildman–Crippen MR) is 123 cm³/mol. The van der Waals surface area contributed by atoms with E-state index in [2.05, 4.69) is 15.5 Å². The van der Waals surface area contributed by atoms with Crippen molar-refractivity contribution in [2.45, 2.75) is 77.9 Å². The van der Waals surface area contributed by atoms with Gasteiger partial charge in [0.25, 0.3) is 5.56 Å². The summed E-state index contributed by atoms with van der Waals surface area (Å²) in [5.41, 5.74) is 0.400. The summed E-state index contributed by atoms with van der Waals surface area (Å²) >= 11 is 0. The van der Waals surface area contributed by atoms with E-state index >= 15 is 0 Å². The fourth-order valence-electron chi connectivity index (χ4n) is 3.61. The number of nitrogens with zero attached hydrogens (tertiary/aromatic N) is 4. The Morgan fingerprint density at radius 2 is 2.19 bits per heavy atom. The van der Waals surface area contributed by atoms with Crippen LogP contribution in [0.25, 0.3) is 0 Å². The van der Waals surface area contributed by atoms with E-state index in [0.717, 1.165) is 25.7 Å². The Labute approximate surface area is 188 Å². The largest absolute Gasteiger partial charge is 0.325 e. The molecule has 176 valence electrons. The molecule has 0 saturated heterocycles. The number of amides is 1. The second-order valence-corrected chi connectivity index (χ2v) is 8.29. The molecule has 0 aromatic carbocycles. The summed E-state index contributed by atoms with van der Waals surface area (Å²) in [5.74, 6) is 0.308. The van der Waals surface area contributed by atoms with E-state index in [1.807, 2.05) is 6.92 Å². The van der Waals surface area contributed by atoms with E-state index in [1.165, 1.54) is 41.0 Å². The Hall–Kier alpha value is -2.84. The molecule has 1 heterocycles. The summed E-state index contributed by atoms with van der Waals surface area (Å²) in [5, 5.41) is 12.4. The minimum absolute atomic E-state index is 0.0323. The highest BCUT2D eigenvalue weighted by atomic mass is 19.1. The first kappa shape index (κ1) is 25.4. The Balaban J connectivity index is 1.87. The molecule has 1 atom stereocenters. The molecule has 8 nitrogen and oxygen atoms in total. The zero-order chi connectivity index (χ0) is 23.3. The lowest BCUT2D eigenvalue weighted by molar-refractivity contribution is -0.117. The van der Waals surface area contributed by atoms with E-state index in [-0.39, 0.29) is 25.4 Å². The van der Waals surface area contributed by atoms with Crippen molar-refractivity contribution in [1.29, 1.82) is 0 Å². The van der Waals surface area contributed by atoms with E-state index in [0.29, 0.717) is 29.9 Å². The number of anilines is 1. The van der Waals surface area contributed by atoms with Gasteiger partial charge in [-0.2, -0.15) is 10.2 Å². The Morgan fingerprint density at radius 3 is 2.84 bits per heavy atom. The fraction of sp³-hybridized carbons (Fsp3) is 0.609. The van der Waals surface area contributed by atoms with Gasteiger partial charge in [0.15, 0.2) is 0 Å². The van der Waals surface area contributed by atoms with Gasteiger partial charge >= 0.3 is 0 Å². The second-order valence-electron chi connectivity index (χ2n) is 8.29. The number of halogens is 1. The third-order valence-electron chi connectivity index (χ3n) is 5.33. The van der Waals surface area contributed by atoms with Crippen LogP contribution in [0, 0.1) is 5.92 Å². The molecular weight excluding hydrogens is 413 g/mol. The SMILES string of the molecule is CCC/C=N/N(/C=C(\C)C=O)CC(F)CCn1ncc(NC(=O)CC2CCCC2)cc1=O. The lowest BCUT2D eigenvalue weighted by atomic mass is 10.0. The zero-order valence-corrected chi connectivity index (χ0v) is 19.0. The van der Waals surface area contributed by atoms with Gasteiger partial charge in [0.1, 0.15) is 12.5 Å². The van der Waals surface area contributed by atoms with Gasteiger partial charge in [0, 0.05) is 43.4 Å². The normalized spacial score (nSPS) is 15.8. The number of nitrogens with one attached hydrogen (secondary N) is 1. The average Bonchev–Trinajstić information content (AvgIpc) is 3.26. The summed E-state index contributed by atoms with van der Waals surface area (Å²) < 4.78 is 15.7. The average molecular weight is 448 g/mol. The molecule has 1 aliphatic rings. The topological polar surface area (TPSA) is 96.7 Å². The van der Waals surface area contributed by atoms with Crippen LogP contribution in [0.3, 0.4) is 0 Å². The number of allylic oxidation sites excluding steroid dienone is 1. The van der Waals surface area contributed by atoms with Crippen LogP contribution < -0.4 is 10.9 Å². The molecule has 0 aliphatic heterocycles. The first-order chi connectivity index (χ1) is 15.4. The monoisotopic (exact) mass is 447 g/mol. The van der Waals surface area contributed by atoms with Gasteiger partial charge in [-0.25, -0.2) is 9.07 Å². The molecule has 1 aliphatic carbocycles. The van der Waals surface area contributed by atoms with Crippen molar-refractivity contribution < 1.29 is 14.0 Å². The van der Waals surface area contributed by atoms with E-state index in [1.54, 1.807) is 13.1 Å². The van der Waals surface area contributed by atoms with Crippen LogP contribution in [0.15, 0.2) is 33.9 Å². The second kappa shape index (κ2) is 13.5. The molecule has 0 spiro atoms. The molecule has 1 N–H and O–H groups in total. The first-order valence-electron chi connectivity index (χ1n) is 11.3. The van der Waals surface area contributed by atoms with Crippen LogP contribution in [-0.4, -0.2) is 45.9 Å². The molecule has 1 amide bonds. The maximum Gasteiger partial charge on any atom is 0.268 e. The van der Waals surface area contributed by atoms with E-state index in [4.69, 9.17) is 0 Å². The highest BCUT2D eigenvalue weighted by molar-refractivity contribution is 5.90. The van der Waals surface area contributed by atoms with Crippen molar-refractivity contribution in [3.63, 3.8) is 0 Å². The van der Waals surface area contributed by atoms with Crippen LogP contribution in [0.2, 0.25) is 0 Å². The number of carbonyl (C=O) groups is 2. The molecule has 32 heavy (non-hydrogen) atoms. The summed E-state index contributed by atoms with van der Waals surface area (Å²) in [6.45, 7) is 3.70. The molecule has 1 aromatic heterocycles. The van der Waals surface area contributed by atoms with Gasteiger partial charge in [-0.3, -0.25) is 19.4 Å². The van der Waals surface area contributed by atoms with Crippen molar-refractivity contribution in [2.24, 2.45) is 11.0 Å². The van der Waals surface area contributed by atoms with Gasteiger partial charge in [0.2, 0.25) is 5.91 Å². The summed E-state index contributed by atoms with van der Waals surface area (Å²) in [7, 11) is 0. The van der Waals surface area contributed by atoms with Gasteiger partial charge in [0.05, 0.1) is 18.4 Å². The number of alkyl halides is 1. The number of hydrogen-bond donors (Lipinski definition) is 1. The maximum absolute atomic E-state index is 14.5. The van der Waals surface area contributed by atoms with Crippen molar-refractivity contribution >= 4 is 24.1 Å². The quantitative estimate of drug-likeness (QED) is 0.215. The van der Waals surface area contributed by atoms with E-state index in [9.17, 15) is 18.8 Å². The zero-order valence-electron chi connectivity index (χ0n) is 19.0. The minimum atomic E-state index is -1.27. The number of aromatic nitrogens is 2. The van der Waals surface area contributed by atoms with Gasteiger partial charge in [-0.15, -0.1) is 0 Å². The van der Waals surface area contributed by atoms with Crippen molar-refractivity contribution in [3.8, 4) is 0 Å². The standard InChI is InChI=1S/C23H34FN5O3/c1-3-4-10-25-28(15-18(2)17-30)16-20(24)9-11-29-23(32)13-21(14-26-29)27-22(31)12-19-7-5-6-8-19/h10,13-15,17,19-20H,3-9,11-12,16H2,1-2H3,(H,27,31)/b18-15+,25-10+. The Bertz CT molecular complexity index is 861. The van der Waals surface area contributed by atoms with Gasteiger partial charge < -0.3 is 5.32 Å². The maximum atomic E-state index is 14.5. The molecule has 9 heteroatoms. The number of aryl methyl sites for hydroxylation is 1. The number of unbranched alkanes of at least 4 members (excludes halogenated alkanes) is 1. The highest BCUT2D eigenvalue weighted by Crippen LogP contribution is 2.27. The molecule has 0 radical (unpaired) electrons. The minimum Gasteiger partial charge on any atom is -0.325 e. The molecular formula is C23H34FN5O3. The lowest BCUT2D eigenvalue weighted by Gasteiger charge is -2.18. The summed E-state index contributed by atoms with van der Waals surface area (Å²) in [6.07, 6.45) is 10.7. The third kappa shape index (κ3) is 9.11. The smallest absolute Gasteiger partial charge is 0.268 e. The number of hydrazone groups is 1. The van der Waals surface area contributed by atoms with Crippen molar-refractivity contribution in [3.05, 3.63) is 34.4 Å². The number of aldehydes is 1. The first-order valence-corrected chi connectivity index (χ1v) is 11.3. The summed E-state index contributed by atoms with van der Waals surface area (Å²) in [6, 6.07) is 1.31. The number of carbonyl (C=O) groups excluding carboxylic acids is 2. The van der Waals surface area contributed by atoms with Crippen LogP contribution in [0.5, 0.6) is 0 Å². The lowest BCUT2D eigenvalue weighted by Crippen LogP contribution is -2.28. The third-order valence-corrected chi connectivity index (χ3v) is 5.33. The van der Waals surface area contributed by atoms with Gasteiger partial charge in [-0.1, -0.05) is 26.2 Å². The molecule has 2 rings (SSSR count). The highest BCUT2D eigenvalue weighted by Gasteiger charge is 2.18. The fourth-order valence-corrected chi connectivity index (χ4v) is 3.61. The van der Waals surface area contributed by atoms with Crippen molar-refractivity contribution in [1.82, 2.24) is 14.8 Å². The predicted octanol–water partition coefficient (Wildman–Crippen LogP) is 3.68. The number of hydrogen-bond acceptors (Lipinski definition) is 6. The Morgan fingerprint density at radius 1 is 1.44 bits per heavy atom.